The van der Waals surface area contributed by atoms with Crippen LogP contribution in [0.5, 0.6) is 0 Å². The molecule has 4 heteroatoms. The Hall–Kier alpha value is -1.84. The number of benzene rings is 1. The Kier molecular flexibility index (Phi) is 3.01. The van der Waals surface area contributed by atoms with E-state index >= 15 is 0 Å². The zero-order valence-electron chi connectivity index (χ0n) is 11.1. The van der Waals surface area contributed by atoms with Crippen molar-refractivity contribution in [2.24, 2.45) is 5.92 Å². The molecule has 3 rings (SSSR count). The normalized spacial score (nSPS) is 15.0. The molecule has 0 radical (unpaired) electrons. The van der Waals surface area contributed by atoms with E-state index in [9.17, 15) is 4.79 Å². The van der Waals surface area contributed by atoms with Crippen molar-refractivity contribution < 1.29 is 9.90 Å². The van der Waals surface area contributed by atoms with E-state index in [0.717, 1.165) is 42.2 Å². The number of aromatic carboxylic acids is 1. The summed E-state index contributed by atoms with van der Waals surface area (Å²) in [7, 11) is 0. The first-order chi connectivity index (χ1) is 9.19. The molecule has 1 aromatic carbocycles. The maximum absolute atomic E-state index is 11.1. The maximum atomic E-state index is 11.1. The van der Waals surface area contributed by atoms with Crippen molar-refractivity contribution in [3.8, 4) is 0 Å². The highest BCUT2D eigenvalue weighted by Crippen LogP contribution is 2.32. The number of hydrogen-bond acceptors (Lipinski definition) is 2. The summed E-state index contributed by atoms with van der Waals surface area (Å²) in [5, 5.41) is 9.11. The fourth-order valence-corrected chi connectivity index (χ4v) is 2.48. The van der Waals surface area contributed by atoms with Gasteiger partial charge in [0, 0.05) is 13.0 Å². The summed E-state index contributed by atoms with van der Waals surface area (Å²) in [6, 6.07) is 5.21. The van der Waals surface area contributed by atoms with Crippen molar-refractivity contribution in [1.29, 1.82) is 0 Å². The highest BCUT2D eigenvalue weighted by atomic mass is 16.4. The summed E-state index contributed by atoms with van der Waals surface area (Å²) in [6.45, 7) is 3.12. The van der Waals surface area contributed by atoms with Crippen LogP contribution in [0, 0.1) is 5.92 Å². The van der Waals surface area contributed by atoms with E-state index in [1.807, 2.05) is 6.07 Å². The lowest BCUT2D eigenvalue weighted by Crippen LogP contribution is -2.06. The second-order valence-corrected chi connectivity index (χ2v) is 5.34. The molecule has 19 heavy (non-hydrogen) atoms. The predicted molar refractivity (Wildman–Crippen MR) is 73.4 cm³/mol. The lowest BCUT2D eigenvalue weighted by molar-refractivity contribution is 0.0697. The largest absolute Gasteiger partial charge is 0.478 e. The molecule has 1 aromatic heterocycles. The fourth-order valence-electron chi connectivity index (χ4n) is 2.48. The first-order valence-corrected chi connectivity index (χ1v) is 6.91. The molecule has 1 heterocycles. The van der Waals surface area contributed by atoms with Crippen LogP contribution in [0.1, 0.15) is 42.4 Å². The van der Waals surface area contributed by atoms with Crippen LogP contribution < -0.4 is 0 Å². The van der Waals surface area contributed by atoms with Crippen LogP contribution in [-0.2, 0) is 13.0 Å². The Morgan fingerprint density at radius 3 is 2.89 bits per heavy atom. The minimum Gasteiger partial charge on any atom is -0.478 e. The Balaban J connectivity index is 2.10. The molecule has 1 saturated carbocycles. The van der Waals surface area contributed by atoms with Gasteiger partial charge in [0.15, 0.2) is 0 Å². The number of carboxylic acid groups (broad SMARTS) is 1. The van der Waals surface area contributed by atoms with E-state index in [2.05, 4.69) is 16.5 Å². The third-order valence-electron chi connectivity index (χ3n) is 3.69. The molecule has 1 N–H and O–H groups in total. The first kappa shape index (κ1) is 12.2. The van der Waals surface area contributed by atoms with Crippen molar-refractivity contribution in [1.82, 2.24) is 9.55 Å². The Morgan fingerprint density at radius 2 is 2.26 bits per heavy atom. The van der Waals surface area contributed by atoms with Crippen molar-refractivity contribution in [2.45, 2.75) is 39.2 Å². The van der Waals surface area contributed by atoms with Crippen LogP contribution in [0.25, 0.3) is 11.0 Å². The maximum Gasteiger partial charge on any atom is 0.335 e. The average molecular weight is 258 g/mol. The molecule has 1 aliphatic rings. The second-order valence-electron chi connectivity index (χ2n) is 5.34. The molecule has 0 unspecified atom stereocenters. The van der Waals surface area contributed by atoms with E-state index in [0.29, 0.717) is 5.56 Å². The summed E-state index contributed by atoms with van der Waals surface area (Å²) in [5.41, 5.74) is 2.22. The molecule has 0 saturated heterocycles. The fraction of sp³-hybridized carbons (Fsp3) is 0.467. The summed E-state index contributed by atoms with van der Waals surface area (Å²) in [4.78, 5) is 15.7. The van der Waals surface area contributed by atoms with Gasteiger partial charge in [-0.25, -0.2) is 9.78 Å². The Labute approximate surface area is 112 Å². The molecule has 100 valence electrons. The SMILES string of the molecule is CCCc1nc2ccc(C(=O)O)cc2n1CC1CC1. The highest BCUT2D eigenvalue weighted by Gasteiger charge is 2.24. The van der Waals surface area contributed by atoms with Crippen molar-refractivity contribution in [3.63, 3.8) is 0 Å². The van der Waals surface area contributed by atoms with Gasteiger partial charge in [-0.2, -0.15) is 0 Å². The highest BCUT2D eigenvalue weighted by molar-refractivity contribution is 5.92. The van der Waals surface area contributed by atoms with E-state index in [-0.39, 0.29) is 0 Å². The molecule has 0 bridgehead atoms. The first-order valence-electron chi connectivity index (χ1n) is 6.91. The third-order valence-corrected chi connectivity index (χ3v) is 3.69. The molecule has 0 spiro atoms. The van der Waals surface area contributed by atoms with E-state index in [1.165, 1.54) is 12.8 Å². The van der Waals surface area contributed by atoms with Crippen molar-refractivity contribution in [2.75, 3.05) is 0 Å². The molecule has 2 aromatic rings. The standard InChI is InChI=1S/C15H18N2O2/c1-2-3-14-16-12-7-6-11(15(18)19)8-13(12)17(14)9-10-4-5-10/h6-8,10H,2-5,9H2,1H3,(H,18,19). The number of nitrogens with zero attached hydrogens (tertiary/aromatic N) is 2. The second kappa shape index (κ2) is 4.68. The predicted octanol–water partition coefficient (Wildman–Crippen LogP) is 3.10. The van der Waals surface area contributed by atoms with Gasteiger partial charge in [0.1, 0.15) is 5.82 Å². The summed E-state index contributed by atoms with van der Waals surface area (Å²) in [5.74, 6) is 0.964. The molecule has 4 nitrogen and oxygen atoms in total. The number of imidazole rings is 1. The minimum atomic E-state index is -0.877. The number of carbonyl (C=O) groups is 1. The van der Waals surface area contributed by atoms with Crippen LogP contribution in [0.4, 0.5) is 0 Å². The minimum absolute atomic E-state index is 0.340. The third kappa shape index (κ3) is 2.35. The van der Waals surface area contributed by atoms with Gasteiger partial charge in [-0.3, -0.25) is 0 Å². The molecule has 0 aliphatic heterocycles. The lowest BCUT2D eigenvalue weighted by Gasteiger charge is -2.07. The van der Waals surface area contributed by atoms with Crippen molar-refractivity contribution in [3.05, 3.63) is 29.6 Å². The van der Waals surface area contributed by atoms with E-state index in [4.69, 9.17) is 5.11 Å². The van der Waals surface area contributed by atoms with Gasteiger partial charge in [0.2, 0.25) is 0 Å². The van der Waals surface area contributed by atoms with Gasteiger partial charge < -0.3 is 9.67 Å². The summed E-state index contributed by atoms with van der Waals surface area (Å²) in [6.07, 6.45) is 4.57. The number of rotatable bonds is 5. The van der Waals surface area contributed by atoms with E-state index in [1.54, 1.807) is 12.1 Å². The van der Waals surface area contributed by atoms with Gasteiger partial charge >= 0.3 is 5.97 Å². The number of aryl methyl sites for hydroxylation is 1. The molecule has 0 atom stereocenters. The molecule has 0 amide bonds. The molecular weight excluding hydrogens is 240 g/mol. The topological polar surface area (TPSA) is 55.1 Å². The van der Waals surface area contributed by atoms with Crippen LogP contribution in [0.2, 0.25) is 0 Å². The van der Waals surface area contributed by atoms with Crippen LogP contribution in [-0.4, -0.2) is 20.6 Å². The van der Waals surface area contributed by atoms with Gasteiger partial charge in [0.25, 0.3) is 0 Å². The zero-order chi connectivity index (χ0) is 13.4. The molecule has 1 aliphatic carbocycles. The van der Waals surface area contributed by atoms with Gasteiger partial charge in [0.05, 0.1) is 16.6 Å². The Morgan fingerprint density at radius 1 is 1.47 bits per heavy atom. The number of aromatic nitrogens is 2. The zero-order valence-corrected chi connectivity index (χ0v) is 11.1. The Bertz CT molecular complexity index is 626. The average Bonchev–Trinajstić information content (AvgIpc) is 3.13. The van der Waals surface area contributed by atoms with Crippen LogP contribution in [0.15, 0.2) is 18.2 Å². The summed E-state index contributed by atoms with van der Waals surface area (Å²) >= 11 is 0. The quantitative estimate of drug-likeness (QED) is 0.896. The van der Waals surface area contributed by atoms with Crippen LogP contribution in [0.3, 0.4) is 0 Å². The smallest absolute Gasteiger partial charge is 0.335 e. The van der Waals surface area contributed by atoms with Gasteiger partial charge in [-0.05, 0) is 43.4 Å². The lowest BCUT2D eigenvalue weighted by atomic mass is 10.2. The van der Waals surface area contributed by atoms with Gasteiger partial charge in [-0.15, -0.1) is 0 Å². The molecule has 1 fully saturated rings. The number of fused-ring (bicyclic) bond motifs is 1. The van der Waals surface area contributed by atoms with Gasteiger partial charge in [-0.1, -0.05) is 6.92 Å². The monoisotopic (exact) mass is 258 g/mol. The van der Waals surface area contributed by atoms with Crippen LogP contribution >= 0.6 is 0 Å². The number of hydrogen-bond donors (Lipinski definition) is 1. The van der Waals surface area contributed by atoms with E-state index < -0.39 is 5.97 Å². The molecular formula is C15H18N2O2. The number of carboxylic acids is 1. The summed E-state index contributed by atoms with van der Waals surface area (Å²) < 4.78 is 2.23. The van der Waals surface area contributed by atoms with Crippen molar-refractivity contribution >= 4 is 17.0 Å².